The first kappa shape index (κ1) is 59.8. The van der Waals surface area contributed by atoms with E-state index in [0.717, 1.165) is 103 Å². The fourth-order valence-corrected chi connectivity index (χ4v) is 6.54. The predicted octanol–water partition coefficient (Wildman–Crippen LogP) is 16.9. The van der Waals surface area contributed by atoms with Gasteiger partial charge in [0.1, 0.15) is 13.2 Å². The summed E-state index contributed by atoms with van der Waals surface area (Å²) in [6.07, 6.45) is 70.3. The Morgan fingerprint density at radius 2 is 0.688 bits per heavy atom. The topological polar surface area (TPSA) is 78.9 Å². The molecule has 0 aromatic carbocycles. The Morgan fingerprint density at radius 1 is 0.344 bits per heavy atom. The highest BCUT2D eigenvalue weighted by molar-refractivity contribution is 5.71. The van der Waals surface area contributed by atoms with E-state index in [1.54, 1.807) is 0 Å². The van der Waals surface area contributed by atoms with Gasteiger partial charge in [0.25, 0.3) is 0 Å². The Labute approximate surface area is 392 Å². The molecular weight excluding hydrogens is 793 g/mol. The van der Waals surface area contributed by atoms with Crippen LogP contribution in [0.5, 0.6) is 0 Å². The molecule has 0 aliphatic rings. The maximum atomic E-state index is 12.8. The zero-order chi connectivity index (χ0) is 46.5. The first-order chi connectivity index (χ1) is 31.5. The molecule has 0 saturated heterocycles. The monoisotopic (exact) mass is 885 g/mol. The van der Waals surface area contributed by atoms with E-state index >= 15 is 0 Å². The fourth-order valence-electron chi connectivity index (χ4n) is 6.54. The van der Waals surface area contributed by atoms with E-state index < -0.39 is 6.10 Å². The van der Waals surface area contributed by atoms with Crippen LogP contribution in [0.25, 0.3) is 0 Å². The van der Waals surface area contributed by atoms with Crippen LogP contribution >= 0.6 is 0 Å². The van der Waals surface area contributed by atoms with Crippen molar-refractivity contribution < 1.29 is 28.6 Å². The van der Waals surface area contributed by atoms with Crippen LogP contribution in [0.15, 0.2) is 122 Å². The summed E-state index contributed by atoms with van der Waals surface area (Å²) in [5.41, 5.74) is 0. The lowest BCUT2D eigenvalue weighted by Crippen LogP contribution is -2.30. The van der Waals surface area contributed by atoms with Crippen LogP contribution in [0, 0.1) is 0 Å². The molecule has 0 fully saturated rings. The molecule has 6 nitrogen and oxygen atoms in total. The summed E-state index contributed by atoms with van der Waals surface area (Å²) in [5.74, 6) is -0.986. The van der Waals surface area contributed by atoms with E-state index in [9.17, 15) is 14.4 Å². The lowest BCUT2D eigenvalue weighted by Gasteiger charge is -2.18. The van der Waals surface area contributed by atoms with Crippen molar-refractivity contribution in [2.24, 2.45) is 0 Å². The van der Waals surface area contributed by atoms with Gasteiger partial charge >= 0.3 is 17.9 Å². The Balaban J connectivity index is 4.54. The molecule has 0 aliphatic heterocycles. The molecular formula is C58H92O6. The van der Waals surface area contributed by atoms with E-state index in [1.165, 1.54) is 64.2 Å². The molecule has 0 amide bonds. The average molecular weight is 885 g/mol. The van der Waals surface area contributed by atoms with Crippen molar-refractivity contribution in [3.8, 4) is 0 Å². The quantitative estimate of drug-likeness (QED) is 0.0199. The van der Waals surface area contributed by atoms with Gasteiger partial charge in [0, 0.05) is 19.3 Å². The number of esters is 3. The molecule has 0 saturated carbocycles. The number of allylic oxidation sites excluding steroid dienone is 20. The number of hydrogen-bond donors (Lipinski definition) is 0. The standard InChI is InChI=1S/C58H92O6/c1-4-7-10-13-16-19-22-25-28-29-31-33-36-39-42-45-48-51-57(60)63-54-55(53-62-56(59)50-47-44-41-38-35-32-27-24-21-18-15-12-9-6-3)64-58(61)52-49-46-43-40-37-34-30-26-23-20-17-14-11-8-5-2/h7,9-10,12-13,16,18-23,25,27-29,31-33,36,55H,4-6,8,11,14-15,17,24,26,30,34-35,37-54H2,1-3H3/b10-7-,12-9-,16-13-,21-18-,22-19-,23-20-,28-25-,31-29+,32-27-,36-33-. The van der Waals surface area contributed by atoms with Gasteiger partial charge in [-0.1, -0.05) is 213 Å². The number of carbonyl (C=O) groups is 3. The van der Waals surface area contributed by atoms with Crippen molar-refractivity contribution in [3.05, 3.63) is 122 Å². The average Bonchev–Trinajstić information content (AvgIpc) is 3.29. The van der Waals surface area contributed by atoms with Gasteiger partial charge in [0.15, 0.2) is 6.10 Å². The summed E-state index contributed by atoms with van der Waals surface area (Å²) in [7, 11) is 0. The smallest absolute Gasteiger partial charge is 0.306 e. The first-order valence-corrected chi connectivity index (χ1v) is 25.6. The van der Waals surface area contributed by atoms with E-state index in [-0.39, 0.29) is 31.1 Å². The molecule has 1 unspecified atom stereocenters. The number of unbranched alkanes of at least 4 members (excludes halogenated alkanes) is 18. The van der Waals surface area contributed by atoms with Crippen molar-refractivity contribution in [3.63, 3.8) is 0 Å². The Bertz CT molecular complexity index is 1390. The van der Waals surface area contributed by atoms with E-state index in [4.69, 9.17) is 14.2 Å². The van der Waals surface area contributed by atoms with Gasteiger partial charge in [0.2, 0.25) is 0 Å². The Morgan fingerprint density at radius 3 is 1.17 bits per heavy atom. The molecule has 0 spiro atoms. The third-order valence-corrected chi connectivity index (χ3v) is 10.3. The molecule has 0 bridgehead atoms. The highest BCUT2D eigenvalue weighted by atomic mass is 16.6. The molecule has 0 radical (unpaired) electrons. The van der Waals surface area contributed by atoms with Gasteiger partial charge < -0.3 is 14.2 Å². The van der Waals surface area contributed by atoms with Crippen molar-refractivity contribution >= 4 is 17.9 Å². The van der Waals surface area contributed by atoms with E-state index in [2.05, 4.69) is 81.5 Å². The summed E-state index contributed by atoms with van der Waals surface area (Å²) < 4.78 is 16.7. The molecule has 1 atom stereocenters. The van der Waals surface area contributed by atoms with Gasteiger partial charge in [-0.2, -0.15) is 0 Å². The number of carbonyl (C=O) groups excluding carboxylic acids is 3. The zero-order valence-electron chi connectivity index (χ0n) is 41.0. The molecule has 6 heteroatoms. The van der Waals surface area contributed by atoms with Crippen molar-refractivity contribution in [2.75, 3.05) is 13.2 Å². The summed E-state index contributed by atoms with van der Waals surface area (Å²) in [6, 6.07) is 0. The maximum Gasteiger partial charge on any atom is 0.306 e. The third kappa shape index (κ3) is 48.8. The van der Waals surface area contributed by atoms with Crippen LogP contribution in [-0.2, 0) is 28.6 Å². The minimum atomic E-state index is -0.811. The van der Waals surface area contributed by atoms with Crippen LogP contribution in [0.4, 0.5) is 0 Å². The zero-order valence-corrected chi connectivity index (χ0v) is 41.0. The molecule has 360 valence electrons. The molecule has 0 aliphatic carbocycles. The summed E-state index contributed by atoms with van der Waals surface area (Å²) in [5, 5.41) is 0. The highest BCUT2D eigenvalue weighted by Crippen LogP contribution is 2.13. The van der Waals surface area contributed by atoms with Crippen LogP contribution in [0.3, 0.4) is 0 Å². The van der Waals surface area contributed by atoms with Crippen molar-refractivity contribution in [2.45, 2.75) is 213 Å². The van der Waals surface area contributed by atoms with Crippen LogP contribution in [0.2, 0.25) is 0 Å². The van der Waals surface area contributed by atoms with Gasteiger partial charge in [-0.3, -0.25) is 14.4 Å². The molecule has 0 aromatic heterocycles. The van der Waals surface area contributed by atoms with Gasteiger partial charge in [-0.25, -0.2) is 0 Å². The second-order valence-corrected chi connectivity index (χ2v) is 16.5. The SMILES string of the molecule is CC\C=C/C=C\C=C/C=C\C=C\C=C/CCCCCC(=O)OCC(COC(=O)CCCCCC/C=C\C/C=C\C/C=C\CC)OC(=O)CCCCCCCCC/C=C\CCCCCC. The molecule has 0 rings (SSSR count). The van der Waals surface area contributed by atoms with E-state index in [0.29, 0.717) is 19.3 Å². The lowest BCUT2D eigenvalue weighted by molar-refractivity contribution is -0.167. The Hall–Kier alpha value is -4.19. The normalized spacial score (nSPS) is 13.1. The summed E-state index contributed by atoms with van der Waals surface area (Å²) >= 11 is 0. The molecule has 0 heterocycles. The largest absolute Gasteiger partial charge is 0.462 e. The minimum Gasteiger partial charge on any atom is -0.462 e. The summed E-state index contributed by atoms with van der Waals surface area (Å²) in [6.45, 7) is 6.29. The van der Waals surface area contributed by atoms with Gasteiger partial charge in [0.05, 0.1) is 0 Å². The van der Waals surface area contributed by atoms with Gasteiger partial charge in [-0.15, -0.1) is 0 Å². The molecule has 64 heavy (non-hydrogen) atoms. The van der Waals surface area contributed by atoms with Crippen LogP contribution in [-0.4, -0.2) is 37.2 Å². The second-order valence-electron chi connectivity index (χ2n) is 16.5. The minimum absolute atomic E-state index is 0.110. The highest BCUT2D eigenvalue weighted by Gasteiger charge is 2.19. The van der Waals surface area contributed by atoms with Crippen molar-refractivity contribution in [1.82, 2.24) is 0 Å². The second kappa shape index (κ2) is 51.4. The Kier molecular flexibility index (Phi) is 48.1. The predicted molar refractivity (Wildman–Crippen MR) is 274 cm³/mol. The van der Waals surface area contributed by atoms with E-state index in [1.807, 2.05) is 60.8 Å². The van der Waals surface area contributed by atoms with Gasteiger partial charge in [-0.05, 0) is 96.3 Å². The third-order valence-electron chi connectivity index (χ3n) is 10.3. The number of rotatable bonds is 44. The van der Waals surface area contributed by atoms with Crippen molar-refractivity contribution in [1.29, 1.82) is 0 Å². The summed E-state index contributed by atoms with van der Waals surface area (Å²) in [4.78, 5) is 38.0. The molecule has 0 aromatic rings. The fraction of sp³-hybridized carbons (Fsp3) is 0.603. The maximum absolute atomic E-state index is 12.8. The first-order valence-electron chi connectivity index (χ1n) is 25.6. The van der Waals surface area contributed by atoms with Crippen LogP contribution in [0.1, 0.15) is 207 Å². The number of hydrogen-bond acceptors (Lipinski definition) is 6. The molecule has 0 N–H and O–H groups in total. The lowest BCUT2D eigenvalue weighted by atomic mass is 10.1. The van der Waals surface area contributed by atoms with Crippen LogP contribution < -0.4 is 0 Å². The number of ether oxygens (including phenoxy) is 3.